The zero-order valence-corrected chi connectivity index (χ0v) is 22.3. The molecule has 0 saturated carbocycles. The van der Waals surface area contributed by atoms with Gasteiger partial charge in [0, 0.05) is 17.1 Å². The van der Waals surface area contributed by atoms with E-state index < -0.39 is 41.8 Å². The molecule has 0 spiro atoms. The lowest BCUT2D eigenvalue weighted by atomic mass is 9.94. The van der Waals surface area contributed by atoms with Gasteiger partial charge >= 0.3 is 6.09 Å². The highest BCUT2D eigenvalue weighted by Gasteiger charge is 2.42. The molecule has 0 aliphatic rings. The number of amides is 3. The van der Waals surface area contributed by atoms with Crippen molar-refractivity contribution in [3.8, 4) is 12.3 Å². The largest absolute Gasteiger partial charge is 0.444 e. The summed E-state index contributed by atoms with van der Waals surface area (Å²) in [6, 6.07) is 4.40. The van der Waals surface area contributed by atoms with Crippen molar-refractivity contribution < 1.29 is 24.2 Å². The summed E-state index contributed by atoms with van der Waals surface area (Å²) in [7, 11) is 0. The van der Waals surface area contributed by atoms with Crippen molar-refractivity contribution in [3.05, 3.63) is 35.4 Å². The molecule has 0 aliphatic heterocycles. The van der Waals surface area contributed by atoms with E-state index >= 15 is 0 Å². The second-order valence-corrected chi connectivity index (χ2v) is 10.6. The summed E-state index contributed by atoms with van der Waals surface area (Å²) in [4.78, 5) is 41.1. The number of nitrogens with one attached hydrogen (secondary N) is 2. The molecule has 1 aromatic rings. The summed E-state index contributed by atoms with van der Waals surface area (Å²) >= 11 is 0. The number of alkyl carbamates (subject to hydrolysis) is 1. The minimum absolute atomic E-state index is 0.106. The molecule has 0 aromatic heterocycles. The van der Waals surface area contributed by atoms with E-state index in [9.17, 15) is 19.5 Å². The van der Waals surface area contributed by atoms with Gasteiger partial charge in [0.15, 0.2) is 0 Å². The maximum atomic E-state index is 13.8. The van der Waals surface area contributed by atoms with Crippen molar-refractivity contribution >= 4 is 17.9 Å². The molecule has 0 bridgehead atoms. The number of carbonyl (C=O) groups excluding carboxylic acids is 3. The zero-order chi connectivity index (χ0) is 27.0. The predicted octanol–water partition coefficient (Wildman–Crippen LogP) is 3.53. The molecule has 0 radical (unpaired) electrons. The highest BCUT2D eigenvalue weighted by Crippen LogP contribution is 2.30. The van der Waals surface area contributed by atoms with Crippen LogP contribution < -0.4 is 10.6 Å². The summed E-state index contributed by atoms with van der Waals surface area (Å²) in [6.45, 7) is 13.7. The molecule has 3 amide bonds. The van der Waals surface area contributed by atoms with Crippen LogP contribution in [-0.2, 0) is 14.3 Å². The summed E-state index contributed by atoms with van der Waals surface area (Å²) in [5.74, 6) is 1.57. The number of rotatable bonds is 9. The Balaban J connectivity index is 3.49. The van der Waals surface area contributed by atoms with Crippen LogP contribution in [0, 0.1) is 12.3 Å². The Labute approximate surface area is 209 Å². The Kier molecular flexibility index (Phi) is 10.8. The third kappa shape index (κ3) is 9.25. The van der Waals surface area contributed by atoms with Gasteiger partial charge < -0.3 is 25.4 Å². The van der Waals surface area contributed by atoms with Crippen molar-refractivity contribution in [1.29, 1.82) is 0 Å². The van der Waals surface area contributed by atoms with E-state index in [4.69, 9.17) is 11.2 Å². The van der Waals surface area contributed by atoms with Crippen LogP contribution in [0.3, 0.4) is 0 Å². The number of nitrogens with zero attached hydrogens (tertiary/aromatic N) is 1. The number of aliphatic hydroxyl groups excluding tert-OH is 1. The molecular weight excluding hydrogens is 446 g/mol. The smallest absolute Gasteiger partial charge is 0.408 e. The fourth-order valence-electron chi connectivity index (χ4n) is 3.65. The van der Waals surface area contributed by atoms with Crippen molar-refractivity contribution in [2.24, 2.45) is 0 Å². The molecule has 8 heteroatoms. The van der Waals surface area contributed by atoms with Crippen LogP contribution in [0.4, 0.5) is 4.79 Å². The molecule has 3 N–H and O–H groups in total. The molecule has 0 heterocycles. The number of benzene rings is 1. The van der Waals surface area contributed by atoms with Gasteiger partial charge in [-0.3, -0.25) is 9.59 Å². The SMILES string of the molecule is C#Cc1ccc(C(C(=O)NC(C)CCC)N(C(=O)C(CO)NC(=O)OC(C)(C)C)C(C)(C)C)cc1. The minimum atomic E-state index is -1.31. The first-order chi connectivity index (χ1) is 16.1. The van der Waals surface area contributed by atoms with E-state index in [1.807, 2.05) is 13.8 Å². The number of ether oxygens (including phenoxy) is 1. The summed E-state index contributed by atoms with van der Waals surface area (Å²) < 4.78 is 5.25. The molecule has 0 saturated heterocycles. The molecule has 35 heavy (non-hydrogen) atoms. The number of carbonyl (C=O) groups is 3. The fraction of sp³-hybridized carbons (Fsp3) is 0.593. The first kappa shape index (κ1) is 30.0. The Hall–Kier alpha value is -3.05. The average molecular weight is 488 g/mol. The molecule has 0 aliphatic carbocycles. The lowest BCUT2D eigenvalue weighted by Gasteiger charge is -2.43. The molecular formula is C27H41N3O5. The molecule has 1 aromatic carbocycles. The lowest BCUT2D eigenvalue weighted by molar-refractivity contribution is -0.149. The summed E-state index contributed by atoms with van der Waals surface area (Å²) in [5, 5.41) is 15.4. The lowest BCUT2D eigenvalue weighted by Crippen LogP contribution is -2.59. The monoisotopic (exact) mass is 487 g/mol. The predicted molar refractivity (Wildman–Crippen MR) is 136 cm³/mol. The molecule has 3 atom stereocenters. The van der Waals surface area contributed by atoms with E-state index in [1.165, 1.54) is 4.90 Å². The maximum absolute atomic E-state index is 13.8. The first-order valence-corrected chi connectivity index (χ1v) is 11.9. The summed E-state index contributed by atoms with van der Waals surface area (Å²) in [6.07, 6.45) is 6.31. The minimum Gasteiger partial charge on any atom is -0.444 e. The van der Waals surface area contributed by atoms with Crippen LogP contribution in [0.25, 0.3) is 0 Å². The van der Waals surface area contributed by atoms with Gasteiger partial charge in [0.05, 0.1) is 6.61 Å². The third-order valence-electron chi connectivity index (χ3n) is 5.14. The van der Waals surface area contributed by atoms with Gasteiger partial charge in [-0.05, 0) is 72.6 Å². The molecule has 0 fully saturated rings. The Morgan fingerprint density at radius 3 is 2.09 bits per heavy atom. The van der Waals surface area contributed by atoms with Crippen molar-refractivity contribution in [2.45, 2.75) is 97.5 Å². The van der Waals surface area contributed by atoms with E-state index in [1.54, 1.807) is 65.8 Å². The highest BCUT2D eigenvalue weighted by molar-refractivity contribution is 5.92. The van der Waals surface area contributed by atoms with Crippen LogP contribution in [0.1, 0.15) is 85.4 Å². The van der Waals surface area contributed by atoms with Crippen molar-refractivity contribution in [2.75, 3.05) is 6.61 Å². The van der Waals surface area contributed by atoms with Gasteiger partial charge in [0.2, 0.25) is 11.8 Å². The zero-order valence-electron chi connectivity index (χ0n) is 22.3. The third-order valence-corrected chi connectivity index (χ3v) is 5.14. The molecule has 194 valence electrons. The Morgan fingerprint density at radius 1 is 1.09 bits per heavy atom. The van der Waals surface area contributed by atoms with E-state index in [2.05, 4.69) is 16.6 Å². The number of hydrogen-bond donors (Lipinski definition) is 3. The van der Waals surface area contributed by atoms with Crippen molar-refractivity contribution in [3.63, 3.8) is 0 Å². The standard InChI is InChI=1S/C27H41N3O5/c1-10-12-18(3)28-23(32)22(20-15-13-19(11-2)14-16-20)30(26(4,5)6)24(33)21(17-31)29-25(34)35-27(7,8)9/h2,13-16,18,21-22,31H,10,12,17H2,1,3-9H3,(H,28,32)(H,29,34). The van der Waals surface area contributed by atoms with E-state index in [0.717, 1.165) is 12.8 Å². The average Bonchev–Trinajstić information content (AvgIpc) is 2.73. The van der Waals surface area contributed by atoms with Gasteiger partial charge in [-0.2, -0.15) is 0 Å². The van der Waals surface area contributed by atoms with Crippen LogP contribution in [0.2, 0.25) is 0 Å². The van der Waals surface area contributed by atoms with Crippen LogP contribution in [0.5, 0.6) is 0 Å². The van der Waals surface area contributed by atoms with Gasteiger partial charge in [-0.1, -0.05) is 31.4 Å². The second kappa shape index (κ2) is 12.6. The Bertz CT molecular complexity index is 907. The van der Waals surface area contributed by atoms with E-state index in [0.29, 0.717) is 11.1 Å². The van der Waals surface area contributed by atoms with Crippen molar-refractivity contribution in [1.82, 2.24) is 15.5 Å². The molecule has 1 rings (SSSR count). The fourth-order valence-corrected chi connectivity index (χ4v) is 3.65. The number of terminal acetylenes is 1. The van der Waals surface area contributed by atoms with Gasteiger partial charge in [0.25, 0.3) is 0 Å². The topological polar surface area (TPSA) is 108 Å². The maximum Gasteiger partial charge on any atom is 0.408 e. The number of hydrogen-bond acceptors (Lipinski definition) is 5. The normalized spacial score (nSPS) is 14.2. The summed E-state index contributed by atoms with van der Waals surface area (Å²) in [5.41, 5.74) is -0.433. The highest BCUT2D eigenvalue weighted by atomic mass is 16.6. The number of aliphatic hydroxyl groups is 1. The van der Waals surface area contributed by atoms with Gasteiger partial charge in [-0.25, -0.2) is 4.79 Å². The van der Waals surface area contributed by atoms with Crippen LogP contribution >= 0.6 is 0 Å². The quantitative estimate of drug-likeness (QED) is 0.462. The molecule has 3 unspecified atom stereocenters. The first-order valence-electron chi connectivity index (χ1n) is 11.9. The Morgan fingerprint density at radius 2 is 1.66 bits per heavy atom. The van der Waals surface area contributed by atoms with E-state index in [-0.39, 0.29) is 11.9 Å². The second-order valence-electron chi connectivity index (χ2n) is 10.6. The molecule has 8 nitrogen and oxygen atoms in total. The van der Waals surface area contributed by atoms with Gasteiger partial charge in [-0.15, -0.1) is 6.42 Å². The van der Waals surface area contributed by atoms with Crippen LogP contribution in [-0.4, -0.2) is 57.7 Å². The van der Waals surface area contributed by atoms with Crippen LogP contribution in [0.15, 0.2) is 24.3 Å². The van der Waals surface area contributed by atoms with Gasteiger partial charge in [0.1, 0.15) is 17.7 Å².